The highest BCUT2D eigenvalue weighted by atomic mass is 15.2. The van der Waals surface area contributed by atoms with E-state index in [1.54, 1.807) is 0 Å². The summed E-state index contributed by atoms with van der Waals surface area (Å²) in [5.41, 5.74) is 20.6. The maximum Gasteiger partial charge on any atom is 0.235 e. The molecule has 0 N–H and O–H groups in total. The van der Waals surface area contributed by atoms with Gasteiger partial charge in [0.1, 0.15) is 0 Å². The van der Waals surface area contributed by atoms with Crippen LogP contribution >= 0.6 is 0 Å². The number of aromatic nitrogens is 9. The van der Waals surface area contributed by atoms with Crippen molar-refractivity contribution in [3.63, 3.8) is 0 Å². The second-order valence-electron chi connectivity index (χ2n) is 29.3. The maximum absolute atomic E-state index is 5.39. The van der Waals surface area contributed by atoms with E-state index in [1.807, 2.05) is 66.7 Å². The number of nitrogens with zero attached hydrogens (tertiary/aromatic N) is 9. The summed E-state index contributed by atoms with van der Waals surface area (Å²) in [6.45, 7) is 0. The lowest BCUT2D eigenvalue weighted by atomic mass is 9.95. The standard InChI is InChI=1S/C53H33N5.C52H32N4/c1-4-17-34(18-5-1)51-54-52(35-19-6-2-7-20-35)56-53(55-51)36-21-16-24-38(33-36)57-44-30-15-14-29-43(44)47-45(57)31-32-46-49(47)48-41-27-12-10-25-39(41)40-26-11-13-28-42(40)50(48)58(46)37-22-8-3-9-23-37;1-3-16-33(17-4-1)35-20-15-21-36(32-35)55-46-31-30-45-47(49(46)48-39-24-9-7-22-37(39)38-23-8-10-25-40(38)51(48)55)42-27-12-14-29-44(42)56(45)52-53-43-28-13-11-26-41(43)50(54-52)34-18-5-2-6-19-34/h1-33H;1-32H. The SMILES string of the molecule is c1ccc(-c2cccc(-n3c4ccc5c(c6ccccc6n5-c5nc(-c6ccccc6)c6ccccc6n5)c4c4c5ccccc5c5ccccc5c43)c2)cc1.c1ccc(-c2nc(-c3ccccc3)nc(-c3cccc(-n4c5ccccc5c5c6c7c8ccccc8c8ccccc8c7n(-c7ccccc7)c6ccc54)c3)n2)cc1. The molecule has 9 heteroatoms. The fourth-order valence-electron chi connectivity index (χ4n) is 18.2. The Balaban J connectivity index is 0.000000135. The minimum absolute atomic E-state index is 0.627. The third kappa shape index (κ3) is 10.1. The predicted octanol–water partition coefficient (Wildman–Crippen LogP) is 26.8. The molecule has 0 bridgehead atoms. The number of hydrogen-bond donors (Lipinski definition) is 0. The molecule has 0 saturated carbocycles. The first-order valence-corrected chi connectivity index (χ1v) is 38.7. The Bertz CT molecular complexity index is 7970. The summed E-state index contributed by atoms with van der Waals surface area (Å²) in [4.78, 5) is 25.7. The van der Waals surface area contributed by atoms with E-state index in [-0.39, 0.29) is 0 Å². The zero-order valence-corrected chi connectivity index (χ0v) is 61.6. The Labute approximate surface area is 654 Å². The molecule has 0 spiro atoms. The molecule has 6 heterocycles. The number of benzene rings is 18. The number of para-hydroxylation sites is 4. The summed E-state index contributed by atoms with van der Waals surface area (Å²) in [6, 6.07) is 140. The zero-order chi connectivity index (χ0) is 74.9. The highest BCUT2D eigenvalue weighted by molar-refractivity contribution is 6.40. The van der Waals surface area contributed by atoms with Crippen molar-refractivity contribution in [1.82, 2.24) is 43.2 Å². The maximum atomic E-state index is 5.39. The Morgan fingerprint density at radius 1 is 0.167 bits per heavy atom. The molecule has 530 valence electrons. The molecule has 0 amide bonds. The highest BCUT2D eigenvalue weighted by Crippen LogP contribution is 2.51. The second kappa shape index (κ2) is 26.1. The monoisotopic (exact) mass is 1450 g/mol. The Morgan fingerprint density at radius 3 is 1.02 bits per heavy atom. The third-order valence-electron chi connectivity index (χ3n) is 23.0. The molecule has 18 aromatic carbocycles. The lowest BCUT2D eigenvalue weighted by Gasteiger charge is -2.13. The molecule has 0 aliphatic heterocycles. The van der Waals surface area contributed by atoms with Gasteiger partial charge in [-0.25, -0.2) is 24.9 Å². The molecule has 0 fully saturated rings. The van der Waals surface area contributed by atoms with Gasteiger partial charge >= 0.3 is 0 Å². The Morgan fingerprint density at radius 2 is 0.500 bits per heavy atom. The van der Waals surface area contributed by atoms with Gasteiger partial charge < -0.3 is 13.7 Å². The van der Waals surface area contributed by atoms with Gasteiger partial charge in [0.15, 0.2) is 17.5 Å². The van der Waals surface area contributed by atoms with E-state index in [0.717, 1.165) is 83.5 Å². The molecular weight excluding hydrogens is 1390 g/mol. The van der Waals surface area contributed by atoms with Crippen molar-refractivity contribution in [2.24, 2.45) is 0 Å². The number of hydrogen-bond acceptors (Lipinski definition) is 5. The van der Waals surface area contributed by atoms with Crippen LogP contribution in [0.5, 0.6) is 0 Å². The van der Waals surface area contributed by atoms with E-state index in [0.29, 0.717) is 23.4 Å². The molecule has 0 aliphatic carbocycles. The fraction of sp³-hybridized carbons (Fsp3) is 0. The van der Waals surface area contributed by atoms with Crippen LogP contribution in [0.2, 0.25) is 0 Å². The van der Waals surface area contributed by atoms with Crippen LogP contribution < -0.4 is 0 Å². The minimum atomic E-state index is 0.627. The zero-order valence-electron chi connectivity index (χ0n) is 61.6. The molecule has 0 radical (unpaired) electrons. The molecular formula is C105H65N9. The van der Waals surface area contributed by atoms with Crippen molar-refractivity contribution in [1.29, 1.82) is 0 Å². The summed E-state index contributed by atoms with van der Waals surface area (Å²) >= 11 is 0. The van der Waals surface area contributed by atoms with Crippen LogP contribution in [0.1, 0.15) is 0 Å². The number of rotatable bonds is 9. The molecule has 24 aromatic rings. The van der Waals surface area contributed by atoms with Gasteiger partial charge in [0.2, 0.25) is 5.95 Å². The Hall–Kier alpha value is -15.5. The van der Waals surface area contributed by atoms with E-state index in [2.05, 4.69) is 346 Å². The van der Waals surface area contributed by atoms with E-state index >= 15 is 0 Å². The van der Waals surface area contributed by atoms with Crippen LogP contribution in [0.15, 0.2) is 394 Å². The van der Waals surface area contributed by atoms with Gasteiger partial charge in [-0.15, -0.1) is 0 Å². The molecule has 24 rings (SSSR count). The Kier molecular flexibility index (Phi) is 14.8. The minimum Gasteiger partial charge on any atom is -0.309 e. The topological polar surface area (TPSA) is 84.2 Å². The van der Waals surface area contributed by atoms with Crippen molar-refractivity contribution in [2.75, 3.05) is 0 Å². The van der Waals surface area contributed by atoms with Gasteiger partial charge in [-0.2, -0.15) is 0 Å². The van der Waals surface area contributed by atoms with Crippen molar-refractivity contribution in [3.05, 3.63) is 394 Å². The fourth-order valence-corrected chi connectivity index (χ4v) is 18.2. The van der Waals surface area contributed by atoms with Crippen molar-refractivity contribution < 1.29 is 0 Å². The first-order chi connectivity index (χ1) is 56.6. The van der Waals surface area contributed by atoms with Gasteiger partial charge in [-0.3, -0.25) is 4.57 Å². The van der Waals surface area contributed by atoms with Crippen molar-refractivity contribution in [3.8, 4) is 79.6 Å². The molecule has 9 nitrogen and oxygen atoms in total. The molecule has 0 atom stereocenters. The molecule has 0 aliphatic rings. The normalized spacial score (nSPS) is 11.9. The van der Waals surface area contributed by atoms with Crippen LogP contribution in [0.3, 0.4) is 0 Å². The van der Waals surface area contributed by atoms with Crippen LogP contribution in [-0.4, -0.2) is 43.2 Å². The predicted molar refractivity (Wildman–Crippen MR) is 474 cm³/mol. The largest absolute Gasteiger partial charge is 0.309 e. The molecule has 0 saturated heterocycles. The average Bonchev–Trinajstić information content (AvgIpc) is 1.53. The van der Waals surface area contributed by atoms with E-state index in [4.69, 9.17) is 24.9 Å². The van der Waals surface area contributed by atoms with Crippen molar-refractivity contribution >= 4 is 141 Å². The number of fused-ring (bicyclic) bond motifs is 25. The van der Waals surface area contributed by atoms with Gasteiger partial charge in [0, 0.05) is 98.6 Å². The van der Waals surface area contributed by atoms with Gasteiger partial charge in [-0.1, -0.05) is 315 Å². The van der Waals surface area contributed by atoms with Crippen LogP contribution in [0, 0.1) is 0 Å². The molecule has 6 aromatic heterocycles. The van der Waals surface area contributed by atoms with Crippen LogP contribution in [-0.2, 0) is 0 Å². The van der Waals surface area contributed by atoms with Crippen LogP contribution in [0.25, 0.3) is 221 Å². The van der Waals surface area contributed by atoms with E-state index < -0.39 is 0 Å². The van der Waals surface area contributed by atoms with Gasteiger partial charge in [0.25, 0.3) is 0 Å². The smallest absolute Gasteiger partial charge is 0.235 e. The third-order valence-corrected chi connectivity index (χ3v) is 23.0. The summed E-state index contributed by atoms with van der Waals surface area (Å²) < 4.78 is 9.64. The highest BCUT2D eigenvalue weighted by Gasteiger charge is 2.28. The van der Waals surface area contributed by atoms with Crippen molar-refractivity contribution in [2.45, 2.75) is 0 Å². The summed E-state index contributed by atoms with van der Waals surface area (Å²) in [7, 11) is 0. The van der Waals surface area contributed by atoms with E-state index in [9.17, 15) is 0 Å². The lowest BCUT2D eigenvalue weighted by molar-refractivity contribution is 1.01. The first kappa shape index (κ1) is 64.5. The summed E-state index contributed by atoms with van der Waals surface area (Å²) in [6.07, 6.45) is 0. The lowest BCUT2D eigenvalue weighted by Crippen LogP contribution is -2.03. The average molecular weight is 1450 g/mol. The van der Waals surface area contributed by atoms with Crippen LogP contribution in [0.4, 0.5) is 0 Å². The molecule has 114 heavy (non-hydrogen) atoms. The molecule has 0 unspecified atom stereocenters. The first-order valence-electron chi connectivity index (χ1n) is 38.7. The second-order valence-corrected chi connectivity index (χ2v) is 29.3. The van der Waals surface area contributed by atoms with Gasteiger partial charge in [-0.05, 0) is 122 Å². The quantitative estimate of drug-likeness (QED) is 0.134. The summed E-state index contributed by atoms with van der Waals surface area (Å²) in [5, 5.41) is 20.8. The van der Waals surface area contributed by atoms with E-state index in [1.165, 1.54) is 114 Å². The summed E-state index contributed by atoms with van der Waals surface area (Å²) in [5.74, 6) is 2.57. The van der Waals surface area contributed by atoms with Gasteiger partial charge in [0.05, 0.1) is 55.3 Å².